The van der Waals surface area contributed by atoms with E-state index in [1.807, 2.05) is 6.92 Å². The van der Waals surface area contributed by atoms with Gasteiger partial charge in [0.15, 0.2) is 5.78 Å². The Morgan fingerprint density at radius 1 is 0.365 bits per heavy atom. The molecule has 0 aliphatic heterocycles. The molecule has 0 fully saturated rings. The van der Waals surface area contributed by atoms with Crippen LogP contribution in [0.1, 0.15) is 129 Å². The van der Waals surface area contributed by atoms with Crippen molar-refractivity contribution in [1.29, 1.82) is 0 Å². The molecule has 3 N–H and O–H groups in total. The Morgan fingerprint density at radius 3 is 1.27 bits per heavy atom. The van der Waals surface area contributed by atoms with Gasteiger partial charge in [-0.15, -0.1) is 0 Å². The lowest BCUT2D eigenvalue weighted by Gasteiger charge is -2.08. The molecule has 0 aliphatic carbocycles. The second kappa shape index (κ2) is 41.6. The first-order valence-corrected chi connectivity index (χ1v) is 20.3. The predicted octanol–water partition coefficient (Wildman–Crippen LogP) is 5.07. The lowest BCUT2D eigenvalue weighted by atomic mass is 10.0. The monoisotopic (exact) mass is 746 g/mol. The Bertz CT molecular complexity index is 834. The van der Waals surface area contributed by atoms with Gasteiger partial charge < -0.3 is 44.4 Å². The van der Waals surface area contributed by atoms with Crippen molar-refractivity contribution >= 4 is 23.5 Å². The normalized spacial score (nSPS) is 11.1. The number of Topliss-reactive ketones (excluding diaryl/α,β-unsaturated/α-hetero) is 1. The van der Waals surface area contributed by atoms with Crippen molar-refractivity contribution in [2.45, 2.75) is 129 Å². The van der Waals surface area contributed by atoms with Gasteiger partial charge in [0.25, 0.3) is 0 Å². The fourth-order valence-corrected chi connectivity index (χ4v) is 5.19. The summed E-state index contributed by atoms with van der Waals surface area (Å²) in [5.74, 6) is -0.337. The van der Waals surface area contributed by atoms with Crippen molar-refractivity contribution in [1.82, 2.24) is 16.0 Å². The molecule has 0 heterocycles. The number of hydrogen-bond acceptors (Lipinski definition) is 10. The summed E-state index contributed by atoms with van der Waals surface area (Å²) in [6, 6.07) is 0. The van der Waals surface area contributed by atoms with Crippen LogP contribution in [0.5, 0.6) is 0 Å². The number of unbranched alkanes of at least 4 members (excludes halogenated alkanes) is 14. The lowest BCUT2D eigenvalue weighted by molar-refractivity contribution is -0.127. The summed E-state index contributed by atoms with van der Waals surface area (Å²) < 4.78 is 32.1. The van der Waals surface area contributed by atoms with E-state index in [1.54, 1.807) is 0 Å². The van der Waals surface area contributed by atoms with Gasteiger partial charge in [-0.3, -0.25) is 19.2 Å². The van der Waals surface area contributed by atoms with Gasteiger partial charge in [0.05, 0.1) is 52.9 Å². The molecule has 0 saturated heterocycles. The second-order valence-electron chi connectivity index (χ2n) is 13.0. The zero-order chi connectivity index (χ0) is 38.0. The van der Waals surface area contributed by atoms with Crippen molar-refractivity contribution in [2.24, 2.45) is 0 Å². The van der Waals surface area contributed by atoms with E-state index in [0.717, 1.165) is 12.8 Å². The van der Waals surface area contributed by atoms with Gasteiger partial charge in [0, 0.05) is 39.1 Å². The van der Waals surface area contributed by atoms with E-state index >= 15 is 0 Å². The summed E-state index contributed by atoms with van der Waals surface area (Å²) in [5.41, 5.74) is 0. The molecule has 52 heavy (non-hydrogen) atoms. The first-order valence-electron chi connectivity index (χ1n) is 20.3. The SMILES string of the molecule is CCCCCCCCCCCCCCCCCC(=O)NCCOCCOCC(=O)CCCOCCOCC(=O)NCCOCCOCC(=O)NCC. The number of hydrogen-bond donors (Lipinski definition) is 3. The first kappa shape index (κ1) is 49.8. The van der Waals surface area contributed by atoms with E-state index in [2.05, 4.69) is 22.9 Å². The summed E-state index contributed by atoms with van der Waals surface area (Å²) in [5, 5.41) is 8.22. The van der Waals surface area contributed by atoms with E-state index in [4.69, 9.17) is 28.4 Å². The number of carbonyl (C=O) groups excluding carboxylic acids is 4. The number of amides is 3. The molecule has 0 radical (unpaired) electrons. The number of ketones is 1. The Kier molecular flexibility index (Phi) is 39.9. The number of nitrogens with one attached hydrogen (secondary N) is 3. The topological polar surface area (TPSA) is 160 Å². The van der Waals surface area contributed by atoms with Crippen LogP contribution in [0.3, 0.4) is 0 Å². The van der Waals surface area contributed by atoms with Crippen LogP contribution in [0.25, 0.3) is 0 Å². The van der Waals surface area contributed by atoms with E-state index in [1.165, 1.54) is 83.5 Å². The predicted molar refractivity (Wildman–Crippen MR) is 203 cm³/mol. The van der Waals surface area contributed by atoms with Crippen molar-refractivity contribution in [3.8, 4) is 0 Å². The molecule has 0 spiro atoms. The minimum absolute atomic E-state index is 0.00142. The highest BCUT2D eigenvalue weighted by Crippen LogP contribution is 2.13. The van der Waals surface area contributed by atoms with E-state index in [-0.39, 0.29) is 49.9 Å². The van der Waals surface area contributed by atoms with Crippen LogP contribution in [0.15, 0.2) is 0 Å². The molecule has 306 valence electrons. The van der Waals surface area contributed by atoms with Crippen LogP contribution >= 0.6 is 0 Å². The minimum atomic E-state index is -0.250. The molecule has 0 aliphatic rings. The summed E-state index contributed by atoms with van der Waals surface area (Å²) >= 11 is 0. The quantitative estimate of drug-likeness (QED) is 0.0721. The average Bonchev–Trinajstić information content (AvgIpc) is 3.13. The molecule has 3 amide bonds. The number of ether oxygens (including phenoxy) is 6. The second-order valence-corrected chi connectivity index (χ2v) is 13.0. The molecule has 0 atom stereocenters. The highest BCUT2D eigenvalue weighted by Gasteiger charge is 2.05. The van der Waals surface area contributed by atoms with Gasteiger partial charge in [-0.1, -0.05) is 96.8 Å². The Hall–Kier alpha value is -2.16. The van der Waals surface area contributed by atoms with Gasteiger partial charge in [0.2, 0.25) is 17.7 Å². The fraction of sp³-hybridized carbons (Fsp3) is 0.897. The number of likely N-dealkylation sites (N-methyl/N-ethyl adjacent to an activating group) is 1. The maximum atomic E-state index is 12.0. The summed E-state index contributed by atoms with van der Waals surface area (Å²) in [4.78, 5) is 47.0. The van der Waals surface area contributed by atoms with Gasteiger partial charge in [-0.2, -0.15) is 0 Å². The smallest absolute Gasteiger partial charge is 0.246 e. The van der Waals surface area contributed by atoms with Crippen LogP contribution < -0.4 is 16.0 Å². The van der Waals surface area contributed by atoms with E-state index in [9.17, 15) is 19.2 Å². The van der Waals surface area contributed by atoms with Crippen LogP contribution in [0.4, 0.5) is 0 Å². The zero-order valence-electron chi connectivity index (χ0n) is 32.9. The van der Waals surface area contributed by atoms with Crippen LogP contribution in [0, 0.1) is 0 Å². The molecule has 0 saturated carbocycles. The molecular weight excluding hydrogens is 670 g/mol. The number of carbonyl (C=O) groups is 4. The Balaban J connectivity index is 3.32. The molecule has 13 heteroatoms. The fourth-order valence-electron chi connectivity index (χ4n) is 5.19. The van der Waals surface area contributed by atoms with Crippen molar-refractivity contribution in [3.63, 3.8) is 0 Å². The van der Waals surface area contributed by atoms with Crippen LogP contribution in [0.2, 0.25) is 0 Å². The number of rotatable bonds is 42. The molecular formula is C39H75N3O10. The molecule has 0 unspecified atom stereocenters. The largest absolute Gasteiger partial charge is 0.379 e. The molecule has 0 aromatic rings. The molecule has 0 bridgehead atoms. The molecule has 13 nitrogen and oxygen atoms in total. The highest BCUT2D eigenvalue weighted by molar-refractivity contribution is 5.79. The van der Waals surface area contributed by atoms with Crippen LogP contribution in [-0.2, 0) is 47.6 Å². The lowest BCUT2D eigenvalue weighted by Crippen LogP contribution is -2.31. The summed E-state index contributed by atoms with van der Waals surface area (Å²) in [6.07, 6.45) is 21.2. The first-order chi connectivity index (χ1) is 25.5. The Morgan fingerprint density at radius 2 is 0.769 bits per heavy atom. The third-order valence-corrected chi connectivity index (χ3v) is 8.11. The van der Waals surface area contributed by atoms with Gasteiger partial charge >= 0.3 is 0 Å². The van der Waals surface area contributed by atoms with Crippen molar-refractivity contribution in [3.05, 3.63) is 0 Å². The van der Waals surface area contributed by atoms with Gasteiger partial charge in [-0.25, -0.2) is 0 Å². The van der Waals surface area contributed by atoms with Crippen molar-refractivity contribution < 1.29 is 47.6 Å². The summed E-state index contributed by atoms with van der Waals surface area (Å²) in [7, 11) is 0. The van der Waals surface area contributed by atoms with E-state index in [0.29, 0.717) is 91.8 Å². The minimum Gasteiger partial charge on any atom is -0.379 e. The maximum absolute atomic E-state index is 12.0. The molecule has 0 aromatic carbocycles. The highest BCUT2D eigenvalue weighted by atomic mass is 16.5. The third-order valence-electron chi connectivity index (χ3n) is 8.11. The van der Waals surface area contributed by atoms with Crippen molar-refractivity contribution in [2.75, 3.05) is 98.9 Å². The summed E-state index contributed by atoms with van der Waals surface area (Å²) in [6.45, 7) is 8.55. The van der Waals surface area contributed by atoms with Crippen LogP contribution in [-0.4, -0.2) is 122 Å². The zero-order valence-corrected chi connectivity index (χ0v) is 32.9. The van der Waals surface area contributed by atoms with Gasteiger partial charge in [0.1, 0.15) is 19.8 Å². The molecule has 0 rings (SSSR count). The van der Waals surface area contributed by atoms with E-state index < -0.39 is 0 Å². The molecule has 0 aromatic heterocycles. The maximum Gasteiger partial charge on any atom is 0.246 e. The average molecular weight is 746 g/mol. The van der Waals surface area contributed by atoms with Gasteiger partial charge in [-0.05, 0) is 19.8 Å². The standard InChI is InChI=1S/C39H75N3O10/c1-3-5-6-7-8-9-10-11-12-13-14-15-16-17-18-21-37(44)41-22-25-48-28-30-50-33-36(43)20-19-24-47-27-31-52-35-39(46)42-23-26-49-29-32-51-34-38(45)40-4-2/h3-35H2,1-2H3,(H,40,45)(H,41,44)(H,42,46). The third kappa shape index (κ3) is 40.6. The Labute approximate surface area is 315 Å².